The first kappa shape index (κ1) is 7.32. The van der Waals surface area contributed by atoms with Crippen molar-refractivity contribution >= 4 is 11.0 Å². The van der Waals surface area contributed by atoms with Gasteiger partial charge in [0.25, 0.3) is 0 Å². The van der Waals surface area contributed by atoms with E-state index in [1.54, 1.807) is 23.1 Å². The summed E-state index contributed by atoms with van der Waals surface area (Å²) >= 11 is 0. The van der Waals surface area contributed by atoms with E-state index >= 15 is 0 Å². The van der Waals surface area contributed by atoms with Crippen LogP contribution in [-0.2, 0) is 0 Å². The minimum Gasteiger partial charge on any atom is -0.304 e. The second-order valence-corrected chi connectivity index (χ2v) is 3.12. The molecule has 0 atom stereocenters. The number of fused-ring (bicyclic) bond motifs is 3. The van der Waals surface area contributed by atoms with Crippen LogP contribution in [0.15, 0.2) is 47.8 Å². The predicted octanol–water partition coefficient (Wildman–Crippen LogP) is 0.947. The largest absolute Gasteiger partial charge is 0.304 e. The van der Waals surface area contributed by atoms with E-state index in [1.165, 1.54) is 6.07 Å². The van der Waals surface area contributed by atoms with Gasteiger partial charge in [-0.2, -0.15) is 5.10 Å². The molecule has 0 saturated heterocycles. The average molecular weight is 185 g/mol. The lowest BCUT2D eigenvalue weighted by Crippen LogP contribution is -2.04. The summed E-state index contributed by atoms with van der Waals surface area (Å²) in [6, 6.07) is 6.96. The summed E-state index contributed by atoms with van der Waals surface area (Å²) in [7, 11) is 0. The van der Waals surface area contributed by atoms with E-state index in [9.17, 15) is 4.79 Å². The lowest BCUT2D eigenvalue weighted by Gasteiger charge is -2.01. The fraction of sp³-hybridized carbons (Fsp3) is 0. The molecule has 0 aromatic carbocycles. The Balaban J connectivity index is 2.66. The van der Waals surface area contributed by atoms with Crippen molar-refractivity contribution in [3.8, 4) is 0 Å². The molecule has 0 aliphatic carbocycles. The first-order valence-corrected chi connectivity index (χ1v) is 4.29. The highest BCUT2D eigenvalue weighted by Crippen LogP contribution is 2.09. The highest BCUT2D eigenvalue weighted by atomic mass is 16.1. The summed E-state index contributed by atoms with van der Waals surface area (Å²) in [5, 5.41) is 4.16. The summed E-state index contributed by atoms with van der Waals surface area (Å²) in [5.41, 5.74) is 1.81. The van der Waals surface area contributed by atoms with Crippen LogP contribution in [0.1, 0.15) is 0 Å². The Labute approximate surface area is 79.0 Å². The molecular formula is C10H7N3O. The third-order valence-electron chi connectivity index (χ3n) is 2.25. The topological polar surface area (TPSA) is 38.8 Å². The lowest BCUT2D eigenvalue weighted by atomic mass is 10.3. The Kier molecular flexibility index (Phi) is 1.28. The molecule has 3 aromatic heterocycles. The zero-order valence-electron chi connectivity index (χ0n) is 7.29. The fourth-order valence-corrected chi connectivity index (χ4v) is 1.59. The minimum atomic E-state index is 0.00102. The number of pyridine rings is 1. The van der Waals surface area contributed by atoms with Gasteiger partial charge >= 0.3 is 0 Å². The summed E-state index contributed by atoms with van der Waals surface area (Å²) in [4.78, 5) is 11.2. The number of aromatic nitrogens is 3. The van der Waals surface area contributed by atoms with Crippen LogP contribution in [-0.4, -0.2) is 14.0 Å². The van der Waals surface area contributed by atoms with Gasteiger partial charge in [-0.3, -0.25) is 4.79 Å². The molecule has 0 bridgehead atoms. The van der Waals surface area contributed by atoms with Crippen molar-refractivity contribution in [2.45, 2.75) is 0 Å². The molecule has 4 heteroatoms. The first-order chi connectivity index (χ1) is 6.84. The van der Waals surface area contributed by atoms with Crippen molar-refractivity contribution in [3.63, 3.8) is 0 Å². The first-order valence-electron chi connectivity index (χ1n) is 4.29. The molecule has 3 aromatic rings. The molecule has 0 N–H and O–H groups in total. The number of hydrogen-bond donors (Lipinski definition) is 0. The lowest BCUT2D eigenvalue weighted by molar-refractivity contribution is 0.877. The molecule has 3 heterocycles. The molecule has 14 heavy (non-hydrogen) atoms. The van der Waals surface area contributed by atoms with Gasteiger partial charge in [0.15, 0.2) is 5.43 Å². The van der Waals surface area contributed by atoms with E-state index in [0.29, 0.717) is 0 Å². The molecule has 0 unspecified atom stereocenters. The molecule has 0 aliphatic heterocycles. The summed E-state index contributed by atoms with van der Waals surface area (Å²) < 4.78 is 3.57. The maximum Gasteiger partial charge on any atom is 0.182 e. The summed E-state index contributed by atoms with van der Waals surface area (Å²) in [5.74, 6) is 0. The van der Waals surface area contributed by atoms with Crippen molar-refractivity contribution < 1.29 is 0 Å². The normalized spacial score (nSPS) is 11.1. The van der Waals surface area contributed by atoms with E-state index < -0.39 is 0 Å². The van der Waals surface area contributed by atoms with Gasteiger partial charge in [0.1, 0.15) is 6.33 Å². The van der Waals surface area contributed by atoms with Gasteiger partial charge in [0, 0.05) is 24.5 Å². The Morgan fingerprint density at radius 3 is 3.00 bits per heavy atom. The van der Waals surface area contributed by atoms with Gasteiger partial charge in [-0.1, -0.05) is 0 Å². The SMILES string of the molecule is O=c1ccn2ncn3cccc3c2c1. The smallest absolute Gasteiger partial charge is 0.182 e. The van der Waals surface area contributed by atoms with Gasteiger partial charge in [0.05, 0.1) is 11.0 Å². The van der Waals surface area contributed by atoms with Crippen molar-refractivity contribution in [1.82, 2.24) is 14.0 Å². The average Bonchev–Trinajstić information content (AvgIpc) is 2.65. The van der Waals surface area contributed by atoms with Crippen LogP contribution in [0.4, 0.5) is 0 Å². The Morgan fingerprint density at radius 2 is 2.07 bits per heavy atom. The van der Waals surface area contributed by atoms with E-state index in [1.807, 2.05) is 22.7 Å². The monoisotopic (exact) mass is 185 g/mol. The molecule has 3 rings (SSSR count). The van der Waals surface area contributed by atoms with E-state index in [2.05, 4.69) is 5.10 Å². The number of rotatable bonds is 0. The van der Waals surface area contributed by atoms with Gasteiger partial charge in [-0.15, -0.1) is 0 Å². The molecule has 68 valence electrons. The molecule has 0 aliphatic rings. The third-order valence-corrected chi connectivity index (χ3v) is 2.25. The maximum absolute atomic E-state index is 11.2. The fourth-order valence-electron chi connectivity index (χ4n) is 1.59. The molecule has 0 spiro atoms. The molecule has 0 fully saturated rings. The van der Waals surface area contributed by atoms with Crippen LogP contribution in [0, 0.1) is 0 Å². The van der Waals surface area contributed by atoms with Crippen molar-refractivity contribution in [2.75, 3.05) is 0 Å². The van der Waals surface area contributed by atoms with Gasteiger partial charge < -0.3 is 4.40 Å². The van der Waals surface area contributed by atoms with Crippen LogP contribution in [0.25, 0.3) is 11.0 Å². The van der Waals surface area contributed by atoms with E-state index in [-0.39, 0.29) is 5.43 Å². The Hall–Kier alpha value is -2.10. The number of nitrogens with zero attached hydrogens (tertiary/aromatic N) is 3. The highest BCUT2D eigenvalue weighted by Gasteiger charge is 1.99. The van der Waals surface area contributed by atoms with Crippen molar-refractivity contribution in [2.24, 2.45) is 0 Å². The molecular weight excluding hydrogens is 178 g/mol. The Morgan fingerprint density at radius 1 is 1.14 bits per heavy atom. The zero-order valence-corrected chi connectivity index (χ0v) is 7.29. The predicted molar refractivity (Wildman–Crippen MR) is 52.4 cm³/mol. The molecule has 0 amide bonds. The minimum absolute atomic E-state index is 0.00102. The van der Waals surface area contributed by atoms with Gasteiger partial charge in [0.2, 0.25) is 0 Å². The van der Waals surface area contributed by atoms with Crippen LogP contribution < -0.4 is 5.43 Å². The second kappa shape index (κ2) is 2.45. The van der Waals surface area contributed by atoms with Crippen LogP contribution in [0.2, 0.25) is 0 Å². The van der Waals surface area contributed by atoms with Crippen LogP contribution in [0.5, 0.6) is 0 Å². The standard InChI is InChI=1S/C10H7N3O/c14-8-3-5-13-10(6-8)9-2-1-4-12(9)7-11-13/h1-7H. The molecule has 0 saturated carbocycles. The van der Waals surface area contributed by atoms with E-state index in [4.69, 9.17) is 0 Å². The third kappa shape index (κ3) is 0.877. The van der Waals surface area contributed by atoms with Crippen LogP contribution in [0.3, 0.4) is 0 Å². The summed E-state index contributed by atoms with van der Waals surface area (Å²) in [6.07, 6.45) is 5.29. The van der Waals surface area contributed by atoms with Crippen molar-refractivity contribution in [3.05, 3.63) is 53.2 Å². The van der Waals surface area contributed by atoms with Crippen LogP contribution >= 0.6 is 0 Å². The zero-order chi connectivity index (χ0) is 9.54. The second-order valence-electron chi connectivity index (χ2n) is 3.12. The summed E-state index contributed by atoms with van der Waals surface area (Å²) in [6.45, 7) is 0. The van der Waals surface area contributed by atoms with E-state index in [0.717, 1.165) is 11.0 Å². The van der Waals surface area contributed by atoms with Gasteiger partial charge in [-0.25, -0.2) is 4.52 Å². The Bertz CT molecular complexity index is 665. The maximum atomic E-state index is 11.2. The molecule has 0 radical (unpaired) electrons. The van der Waals surface area contributed by atoms with Crippen molar-refractivity contribution in [1.29, 1.82) is 0 Å². The quantitative estimate of drug-likeness (QED) is 0.523. The number of hydrogen-bond acceptors (Lipinski definition) is 2. The van der Waals surface area contributed by atoms with Gasteiger partial charge in [-0.05, 0) is 12.1 Å². The molecule has 4 nitrogen and oxygen atoms in total. The highest BCUT2D eigenvalue weighted by molar-refractivity contribution is 5.74.